The normalized spacial score (nSPS) is 12.1. The molecule has 2 aromatic rings. The predicted octanol–water partition coefficient (Wildman–Crippen LogP) is 5.43. The molecule has 0 aliphatic carbocycles. The van der Waals surface area contributed by atoms with E-state index in [9.17, 15) is 4.39 Å². The zero-order valence-corrected chi connectivity index (χ0v) is 14.2. The number of nitrogens with zero attached hydrogens (tertiary/aromatic N) is 1. The van der Waals surface area contributed by atoms with E-state index >= 15 is 0 Å². The zero-order chi connectivity index (χ0) is 17.4. The minimum Gasteiger partial charge on any atom is -0.286 e. The van der Waals surface area contributed by atoms with E-state index in [1.54, 1.807) is 18.3 Å². The first-order chi connectivity index (χ1) is 11.7. The first-order valence-electron chi connectivity index (χ1n) is 8.11. The summed E-state index contributed by atoms with van der Waals surface area (Å²) in [5, 5.41) is 4.14. The molecule has 24 heavy (non-hydrogen) atoms. The van der Waals surface area contributed by atoms with Crippen LogP contribution in [0.15, 0.2) is 66.4 Å². The van der Waals surface area contributed by atoms with E-state index in [1.165, 1.54) is 23.9 Å². The van der Waals surface area contributed by atoms with Gasteiger partial charge in [-0.1, -0.05) is 56.3 Å². The summed E-state index contributed by atoms with van der Waals surface area (Å²) in [7, 11) is 0. The second-order valence-corrected chi connectivity index (χ2v) is 5.58. The van der Waals surface area contributed by atoms with Gasteiger partial charge in [-0.25, -0.2) is 4.39 Å². The van der Waals surface area contributed by atoms with Gasteiger partial charge in [-0.15, -0.1) is 0 Å². The maximum Gasteiger partial charge on any atom is 0.123 e. The maximum absolute atomic E-state index is 13.2. The van der Waals surface area contributed by atoms with Crippen molar-refractivity contribution in [2.24, 2.45) is 5.10 Å². The van der Waals surface area contributed by atoms with Gasteiger partial charge in [0.15, 0.2) is 0 Å². The Hall–Kier alpha value is -2.68. The summed E-state index contributed by atoms with van der Waals surface area (Å²) in [6.07, 6.45) is 5.46. The van der Waals surface area contributed by atoms with E-state index in [0.717, 1.165) is 35.1 Å². The lowest BCUT2D eigenvalue weighted by Crippen LogP contribution is -1.97. The number of benzene rings is 2. The molecule has 0 saturated carbocycles. The fourth-order valence-electron chi connectivity index (χ4n) is 2.54. The van der Waals surface area contributed by atoms with Crippen LogP contribution in [0, 0.1) is 5.82 Å². The van der Waals surface area contributed by atoms with E-state index < -0.39 is 0 Å². The van der Waals surface area contributed by atoms with Crippen molar-refractivity contribution < 1.29 is 4.39 Å². The van der Waals surface area contributed by atoms with E-state index in [0.29, 0.717) is 0 Å². The number of halogens is 1. The predicted molar refractivity (Wildman–Crippen MR) is 101 cm³/mol. The Kier molecular flexibility index (Phi) is 6.50. The fraction of sp³-hybridized carbons (Fsp3) is 0.190. The molecule has 0 fully saturated rings. The molecule has 0 aliphatic rings. The second-order valence-electron chi connectivity index (χ2n) is 5.58. The highest BCUT2D eigenvalue weighted by Crippen LogP contribution is 2.25. The highest BCUT2D eigenvalue weighted by molar-refractivity contribution is 6.19. The van der Waals surface area contributed by atoms with Crippen molar-refractivity contribution in [3.63, 3.8) is 0 Å². The molecule has 0 aromatic heterocycles. The van der Waals surface area contributed by atoms with Crippen LogP contribution in [0.2, 0.25) is 0 Å². The topological polar surface area (TPSA) is 24.4 Å². The smallest absolute Gasteiger partial charge is 0.123 e. The van der Waals surface area contributed by atoms with Crippen molar-refractivity contribution in [1.82, 2.24) is 5.43 Å². The summed E-state index contributed by atoms with van der Waals surface area (Å²) >= 11 is 0. The zero-order valence-electron chi connectivity index (χ0n) is 14.2. The molecule has 0 radical (unpaired) electrons. The molecule has 0 bridgehead atoms. The second kappa shape index (κ2) is 8.82. The van der Waals surface area contributed by atoms with Crippen LogP contribution in [0.5, 0.6) is 0 Å². The standard InChI is InChI=1S/C21H23FN2/c1-4-6-17-7-9-18(10-8-17)16(3)21(15-24-23-5-2)19-11-13-20(22)14-12-19/h5,7-15,23H,2,4,6H2,1,3H3/b21-16-,24-15-. The van der Waals surface area contributed by atoms with Gasteiger partial charge in [-0.05, 0) is 47.7 Å². The van der Waals surface area contributed by atoms with Crippen LogP contribution in [0.25, 0.3) is 11.1 Å². The Labute approximate surface area is 143 Å². The quantitative estimate of drug-likeness (QED) is 0.410. The molecule has 0 unspecified atom stereocenters. The van der Waals surface area contributed by atoms with E-state index in [4.69, 9.17) is 0 Å². The molecule has 0 spiro atoms. The highest BCUT2D eigenvalue weighted by Gasteiger charge is 2.07. The van der Waals surface area contributed by atoms with Crippen LogP contribution in [-0.4, -0.2) is 6.21 Å². The lowest BCUT2D eigenvalue weighted by Gasteiger charge is -2.10. The van der Waals surface area contributed by atoms with Gasteiger partial charge in [-0.3, -0.25) is 5.43 Å². The first-order valence-corrected chi connectivity index (χ1v) is 8.11. The lowest BCUT2D eigenvalue weighted by molar-refractivity contribution is 0.627. The summed E-state index contributed by atoms with van der Waals surface area (Å²) in [6.45, 7) is 7.81. The third-order valence-corrected chi connectivity index (χ3v) is 3.84. The molecule has 0 aliphatic heterocycles. The van der Waals surface area contributed by atoms with Crippen LogP contribution < -0.4 is 5.43 Å². The van der Waals surface area contributed by atoms with Crippen molar-refractivity contribution in [2.45, 2.75) is 26.7 Å². The third kappa shape index (κ3) is 4.66. The van der Waals surface area contributed by atoms with Crippen molar-refractivity contribution in [2.75, 3.05) is 0 Å². The summed E-state index contributed by atoms with van der Waals surface area (Å²) in [6, 6.07) is 15.0. The van der Waals surface area contributed by atoms with Gasteiger partial charge >= 0.3 is 0 Å². The van der Waals surface area contributed by atoms with Crippen LogP contribution in [0.1, 0.15) is 37.0 Å². The molecule has 0 atom stereocenters. The number of hydrazone groups is 1. The molecule has 1 N–H and O–H groups in total. The molecular formula is C21H23FN2. The molecule has 124 valence electrons. The summed E-state index contributed by atoms with van der Waals surface area (Å²) in [5.41, 5.74) is 8.11. The molecule has 2 aromatic carbocycles. The Morgan fingerprint density at radius 2 is 1.71 bits per heavy atom. The van der Waals surface area contributed by atoms with Gasteiger partial charge in [0.05, 0.1) is 6.21 Å². The van der Waals surface area contributed by atoms with Crippen LogP contribution in [0.3, 0.4) is 0 Å². The van der Waals surface area contributed by atoms with Crippen molar-refractivity contribution >= 4 is 17.4 Å². The minimum absolute atomic E-state index is 0.249. The molecule has 2 nitrogen and oxygen atoms in total. The number of allylic oxidation sites excluding steroid dienone is 2. The van der Waals surface area contributed by atoms with Crippen molar-refractivity contribution in [3.05, 3.63) is 83.8 Å². The number of nitrogens with one attached hydrogen (secondary N) is 1. The Morgan fingerprint density at radius 3 is 2.29 bits per heavy atom. The average Bonchev–Trinajstić information content (AvgIpc) is 2.60. The van der Waals surface area contributed by atoms with Gasteiger partial charge in [0, 0.05) is 11.8 Å². The summed E-state index contributed by atoms with van der Waals surface area (Å²) in [5.74, 6) is -0.249. The van der Waals surface area contributed by atoms with Crippen molar-refractivity contribution in [1.29, 1.82) is 0 Å². The first kappa shape index (κ1) is 17.7. The fourth-order valence-corrected chi connectivity index (χ4v) is 2.54. The molecular weight excluding hydrogens is 299 g/mol. The van der Waals surface area contributed by atoms with Gasteiger partial charge in [0.2, 0.25) is 0 Å². The van der Waals surface area contributed by atoms with E-state index in [2.05, 4.69) is 48.3 Å². The largest absolute Gasteiger partial charge is 0.286 e. The van der Waals surface area contributed by atoms with Gasteiger partial charge < -0.3 is 0 Å². The number of aryl methyl sites for hydroxylation is 1. The lowest BCUT2D eigenvalue weighted by atomic mass is 9.95. The molecule has 0 saturated heterocycles. The Balaban J connectivity index is 2.43. The average molecular weight is 322 g/mol. The summed E-state index contributed by atoms with van der Waals surface area (Å²) < 4.78 is 13.2. The molecule has 2 rings (SSSR count). The third-order valence-electron chi connectivity index (χ3n) is 3.84. The summed E-state index contributed by atoms with van der Waals surface area (Å²) in [4.78, 5) is 0. The Bertz CT molecular complexity index is 725. The van der Waals surface area contributed by atoms with Gasteiger partial charge in [0.25, 0.3) is 0 Å². The van der Waals surface area contributed by atoms with Crippen LogP contribution >= 0.6 is 0 Å². The monoisotopic (exact) mass is 322 g/mol. The number of hydrogen-bond donors (Lipinski definition) is 1. The maximum atomic E-state index is 13.2. The Morgan fingerprint density at radius 1 is 1.08 bits per heavy atom. The molecule has 3 heteroatoms. The number of rotatable bonds is 7. The van der Waals surface area contributed by atoms with Crippen LogP contribution in [-0.2, 0) is 6.42 Å². The van der Waals surface area contributed by atoms with Gasteiger partial charge in [-0.2, -0.15) is 5.10 Å². The SMILES string of the molecule is C=CN/N=C\C(=C(/C)c1ccc(CCC)cc1)c1ccc(F)cc1. The minimum atomic E-state index is -0.249. The number of hydrogen-bond acceptors (Lipinski definition) is 2. The van der Waals surface area contributed by atoms with E-state index in [-0.39, 0.29) is 5.82 Å². The van der Waals surface area contributed by atoms with Gasteiger partial charge in [0.1, 0.15) is 5.82 Å². The van der Waals surface area contributed by atoms with E-state index in [1.807, 2.05) is 6.92 Å². The van der Waals surface area contributed by atoms with Crippen molar-refractivity contribution in [3.8, 4) is 0 Å². The molecule has 0 amide bonds. The van der Waals surface area contributed by atoms with Crippen LogP contribution in [0.4, 0.5) is 4.39 Å². The highest BCUT2D eigenvalue weighted by atomic mass is 19.1. The molecule has 0 heterocycles.